The van der Waals surface area contributed by atoms with Crippen LogP contribution in [-0.4, -0.2) is 32.1 Å². The summed E-state index contributed by atoms with van der Waals surface area (Å²) in [6.07, 6.45) is 1.06. The molecule has 1 fully saturated rings. The van der Waals surface area contributed by atoms with Crippen LogP contribution in [0.3, 0.4) is 0 Å². The number of amides is 2. The molecule has 114 valence electrons. The Morgan fingerprint density at radius 3 is 2.57 bits per heavy atom. The summed E-state index contributed by atoms with van der Waals surface area (Å²) in [6, 6.07) is 4.78. The monoisotopic (exact) mass is 330 g/mol. The van der Waals surface area contributed by atoms with Gasteiger partial charge in [-0.05, 0) is 31.0 Å². The van der Waals surface area contributed by atoms with Crippen molar-refractivity contribution in [3.05, 3.63) is 28.2 Å². The van der Waals surface area contributed by atoms with Gasteiger partial charge in [-0.25, -0.2) is 0 Å². The number of rotatable bonds is 6. The van der Waals surface area contributed by atoms with Gasteiger partial charge >= 0.3 is 0 Å². The Morgan fingerprint density at radius 2 is 2.00 bits per heavy atom. The van der Waals surface area contributed by atoms with Gasteiger partial charge in [0.1, 0.15) is 5.41 Å². The zero-order valence-corrected chi connectivity index (χ0v) is 13.1. The van der Waals surface area contributed by atoms with Gasteiger partial charge in [0.2, 0.25) is 11.8 Å². The van der Waals surface area contributed by atoms with Gasteiger partial charge in [-0.15, -0.1) is 0 Å². The van der Waals surface area contributed by atoms with Crippen LogP contribution in [0, 0.1) is 5.41 Å². The average Bonchev–Trinajstić information content (AvgIpc) is 3.23. The molecule has 0 bridgehead atoms. The lowest BCUT2D eigenvalue weighted by molar-refractivity contribution is -0.134. The highest BCUT2D eigenvalue weighted by molar-refractivity contribution is 6.36. The topological polar surface area (TPSA) is 67.4 Å². The van der Waals surface area contributed by atoms with Crippen molar-refractivity contribution in [3.8, 4) is 0 Å². The molecule has 5 nitrogen and oxygen atoms in total. The number of anilines is 1. The molecule has 7 heteroatoms. The molecule has 0 saturated heterocycles. The maximum Gasteiger partial charge on any atom is 0.240 e. The molecule has 21 heavy (non-hydrogen) atoms. The Morgan fingerprint density at radius 1 is 1.29 bits per heavy atom. The minimum Gasteiger partial charge on any atom is -0.383 e. The van der Waals surface area contributed by atoms with Gasteiger partial charge in [0.05, 0.1) is 17.3 Å². The van der Waals surface area contributed by atoms with E-state index in [4.69, 9.17) is 27.9 Å². The number of hydrogen-bond donors (Lipinski definition) is 2. The van der Waals surface area contributed by atoms with E-state index in [1.165, 1.54) is 6.07 Å². The number of ether oxygens (including phenoxy) is 1. The van der Waals surface area contributed by atoms with Crippen molar-refractivity contribution in [2.24, 2.45) is 5.41 Å². The quantitative estimate of drug-likeness (QED) is 0.622. The largest absolute Gasteiger partial charge is 0.383 e. The molecular formula is C14H16Cl2N2O3. The van der Waals surface area contributed by atoms with E-state index in [1.54, 1.807) is 19.2 Å². The summed E-state index contributed by atoms with van der Waals surface area (Å²) in [5.74, 6) is -0.622. The third kappa shape index (κ3) is 3.67. The number of halogens is 2. The molecule has 2 amide bonds. The van der Waals surface area contributed by atoms with Crippen LogP contribution < -0.4 is 10.6 Å². The number of methoxy groups -OCH3 is 1. The summed E-state index contributed by atoms with van der Waals surface area (Å²) in [5.41, 5.74) is -0.543. The lowest BCUT2D eigenvalue weighted by atomic mass is 10.1. The Kier molecular flexibility index (Phi) is 5.08. The van der Waals surface area contributed by atoms with Gasteiger partial charge in [-0.3, -0.25) is 9.59 Å². The third-order valence-electron chi connectivity index (χ3n) is 3.39. The lowest BCUT2D eigenvalue weighted by Crippen LogP contribution is -2.41. The zero-order chi connectivity index (χ0) is 15.5. The molecular weight excluding hydrogens is 315 g/mol. The van der Waals surface area contributed by atoms with Crippen molar-refractivity contribution >= 4 is 40.7 Å². The van der Waals surface area contributed by atoms with Gasteiger partial charge in [0.25, 0.3) is 0 Å². The molecule has 1 aromatic carbocycles. The molecule has 1 aliphatic rings. The van der Waals surface area contributed by atoms with Crippen LogP contribution in [0.25, 0.3) is 0 Å². The Balaban J connectivity index is 2.00. The highest BCUT2D eigenvalue weighted by Gasteiger charge is 2.56. The first-order valence-electron chi connectivity index (χ1n) is 6.53. The molecule has 0 aromatic heterocycles. The summed E-state index contributed by atoms with van der Waals surface area (Å²) < 4.78 is 4.86. The van der Waals surface area contributed by atoms with Gasteiger partial charge in [-0.2, -0.15) is 0 Å². The number of benzene rings is 1. The molecule has 1 saturated carbocycles. The number of nitrogens with one attached hydrogen (secondary N) is 2. The standard InChI is InChI=1S/C14H16Cl2N2O3/c1-21-7-6-17-12(19)14(4-5-14)13(20)18-11-3-2-9(15)8-10(11)16/h2-3,8H,4-7H2,1H3,(H,17,19)(H,18,20). The van der Waals surface area contributed by atoms with E-state index >= 15 is 0 Å². The summed E-state index contributed by atoms with van der Waals surface area (Å²) >= 11 is 11.8. The fourth-order valence-electron chi connectivity index (χ4n) is 1.95. The van der Waals surface area contributed by atoms with Crippen LogP contribution in [-0.2, 0) is 14.3 Å². The van der Waals surface area contributed by atoms with Gasteiger partial charge in [-0.1, -0.05) is 23.2 Å². The second-order valence-electron chi connectivity index (χ2n) is 4.91. The molecule has 0 spiro atoms. The second-order valence-corrected chi connectivity index (χ2v) is 5.75. The first kappa shape index (κ1) is 16.1. The molecule has 0 heterocycles. The predicted octanol–water partition coefficient (Wildman–Crippen LogP) is 2.47. The summed E-state index contributed by atoms with van der Waals surface area (Å²) in [6.45, 7) is 0.790. The third-order valence-corrected chi connectivity index (χ3v) is 3.94. The SMILES string of the molecule is COCCNC(=O)C1(C(=O)Nc2ccc(Cl)cc2Cl)CC1. The lowest BCUT2D eigenvalue weighted by Gasteiger charge is -2.16. The Bertz CT molecular complexity index is 559. The highest BCUT2D eigenvalue weighted by Crippen LogP contribution is 2.47. The van der Waals surface area contributed by atoms with E-state index < -0.39 is 5.41 Å². The predicted molar refractivity (Wildman–Crippen MR) is 81.6 cm³/mol. The van der Waals surface area contributed by atoms with E-state index in [0.717, 1.165) is 0 Å². The molecule has 2 N–H and O–H groups in total. The molecule has 1 aromatic rings. The molecule has 1 aliphatic carbocycles. The fraction of sp³-hybridized carbons (Fsp3) is 0.429. The average molecular weight is 331 g/mol. The Labute approximate surface area is 132 Å². The van der Waals surface area contributed by atoms with Gasteiger partial charge < -0.3 is 15.4 Å². The summed E-state index contributed by atoms with van der Waals surface area (Å²) in [5, 5.41) is 6.21. The van der Waals surface area contributed by atoms with Crippen molar-refractivity contribution in [2.75, 3.05) is 25.6 Å². The van der Waals surface area contributed by atoms with Crippen LogP contribution >= 0.6 is 23.2 Å². The van der Waals surface area contributed by atoms with Crippen LogP contribution in [0.4, 0.5) is 5.69 Å². The summed E-state index contributed by atoms with van der Waals surface area (Å²) in [7, 11) is 1.55. The van der Waals surface area contributed by atoms with Crippen LogP contribution in [0.5, 0.6) is 0 Å². The molecule has 2 rings (SSSR count). The summed E-state index contributed by atoms with van der Waals surface area (Å²) in [4.78, 5) is 24.4. The van der Waals surface area contributed by atoms with E-state index in [1.807, 2.05) is 0 Å². The van der Waals surface area contributed by atoms with Crippen LogP contribution in [0.15, 0.2) is 18.2 Å². The minimum absolute atomic E-state index is 0.276. The number of hydrogen-bond acceptors (Lipinski definition) is 3. The van der Waals surface area contributed by atoms with E-state index in [-0.39, 0.29) is 11.8 Å². The zero-order valence-electron chi connectivity index (χ0n) is 11.5. The smallest absolute Gasteiger partial charge is 0.240 e. The molecule has 0 unspecified atom stereocenters. The Hall–Kier alpha value is -1.30. The fourth-order valence-corrected chi connectivity index (χ4v) is 2.41. The first-order valence-corrected chi connectivity index (χ1v) is 7.29. The van der Waals surface area contributed by atoms with Crippen molar-refractivity contribution in [3.63, 3.8) is 0 Å². The van der Waals surface area contributed by atoms with Gasteiger partial charge in [0.15, 0.2) is 0 Å². The van der Waals surface area contributed by atoms with Crippen molar-refractivity contribution in [2.45, 2.75) is 12.8 Å². The maximum absolute atomic E-state index is 12.3. The molecule has 0 aliphatic heterocycles. The first-order chi connectivity index (χ1) is 9.99. The molecule has 0 radical (unpaired) electrons. The van der Waals surface area contributed by atoms with Crippen molar-refractivity contribution in [1.29, 1.82) is 0 Å². The normalized spacial score (nSPS) is 15.4. The van der Waals surface area contributed by atoms with Crippen molar-refractivity contribution < 1.29 is 14.3 Å². The molecule has 0 atom stereocenters. The van der Waals surface area contributed by atoms with Crippen LogP contribution in [0.1, 0.15) is 12.8 Å². The second kappa shape index (κ2) is 6.64. The van der Waals surface area contributed by atoms with Gasteiger partial charge in [0, 0.05) is 18.7 Å². The minimum atomic E-state index is -0.989. The van der Waals surface area contributed by atoms with E-state index in [9.17, 15) is 9.59 Å². The van der Waals surface area contributed by atoms with Crippen molar-refractivity contribution in [1.82, 2.24) is 5.32 Å². The number of carbonyl (C=O) groups excluding carboxylic acids is 2. The van der Waals surface area contributed by atoms with E-state index in [0.29, 0.717) is 41.7 Å². The number of carbonyl (C=O) groups is 2. The van der Waals surface area contributed by atoms with Crippen LogP contribution in [0.2, 0.25) is 10.0 Å². The highest BCUT2D eigenvalue weighted by atomic mass is 35.5. The maximum atomic E-state index is 12.3. The van der Waals surface area contributed by atoms with E-state index in [2.05, 4.69) is 10.6 Å².